The Morgan fingerprint density at radius 2 is 2.04 bits per heavy atom. The number of hydrogen-bond acceptors (Lipinski definition) is 3. The zero-order valence-electron chi connectivity index (χ0n) is 14.4. The van der Waals surface area contributed by atoms with Gasteiger partial charge in [0.15, 0.2) is 11.5 Å². The molecule has 1 aromatic carbocycles. The lowest BCUT2D eigenvalue weighted by Crippen LogP contribution is -3.00. The Kier molecular flexibility index (Phi) is 8.00. The molecule has 0 radical (unpaired) electrons. The third-order valence-electron chi connectivity index (χ3n) is 4.48. The van der Waals surface area contributed by atoms with Gasteiger partial charge in [-0.1, -0.05) is 6.07 Å². The Balaban J connectivity index is 0.00000225. The van der Waals surface area contributed by atoms with Crippen molar-refractivity contribution in [3.63, 3.8) is 0 Å². The molecule has 2 N–H and O–H groups in total. The quantitative estimate of drug-likeness (QED) is 0.698. The SMILES string of the molecule is COc1cc(C[NH2+]C2CCCC2)cc(Br)c1OCc1cccnc1.[Cl-]. The Morgan fingerprint density at radius 1 is 1.24 bits per heavy atom. The van der Waals surface area contributed by atoms with E-state index in [1.54, 1.807) is 13.3 Å². The number of nitrogens with two attached hydrogens (primary N) is 1. The van der Waals surface area contributed by atoms with E-state index in [1.165, 1.54) is 31.2 Å². The van der Waals surface area contributed by atoms with Gasteiger partial charge in [-0.05, 0) is 59.8 Å². The van der Waals surface area contributed by atoms with Crippen LogP contribution in [0.5, 0.6) is 11.5 Å². The molecule has 0 atom stereocenters. The molecule has 1 heterocycles. The van der Waals surface area contributed by atoms with Crippen molar-refractivity contribution in [2.24, 2.45) is 0 Å². The first-order valence-electron chi connectivity index (χ1n) is 8.47. The molecule has 1 aromatic heterocycles. The summed E-state index contributed by atoms with van der Waals surface area (Å²) in [4.78, 5) is 4.11. The fraction of sp³-hybridized carbons (Fsp3) is 0.421. The van der Waals surface area contributed by atoms with Crippen LogP contribution in [0.2, 0.25) is 0 Å². The summed E-state index contributed by atoms with van der Waals surface area (Å²) < 4.78 is 12.4. The van der Waals surface area contributed by atoms with E-state index in [2.05, 4.69) is 38.4 Å². The third-order valence-corrected chi connectivity index (χ3v) is 5.07. The number of aromatic nitrogens is 1. The van der Waals surface area contributed by atoms with Crippen molar-refractivity contribution in [2.75, 3.05) is 7.11 Å². The maximum atomic E-state index is 5.96. The average Bonchev–Trinajstić information content (AvgIpc) is 3.13. The van der Waals surface area contributed by atoms with Crippen LogP contribution in [0.4, 0.5) is 0 Å². The van der Waals surface area contributed by atoms with Crippen LogP contribution in [-0.2, 0) is 13.2 Å². The van der Waals surface area contributed by atoms with E-state index in [1.807, 2.05) is 18.3 Å². The highest BCUT2D eigenvalue weighted by molar-refractivity contribution is 9.10. The summed E-state index contributed by atoms with van der Waals surface area (Å²) >= 11 is 3.63. The molecule has 1 aliphatic rings. The predicted molar refractivity (Wildman–Crippen MR) is 97.1 cm³/mol. The third kappa shape index (κ3) is 5.59. The first-order chi connectivity index (χ1) is 11.8. The lowest BCUT2D eigenvalue weighted by atomic mass is 10.1. The molecule has 1 aliphatic carbocycles. The second kappa shape index (κ2) is 10.00. The number of nitrogens with zero attached hydrogens (tertiary/aromatic N) is 1. The van der Waals surface area contributed by atoms with Gasteiger partial charge in [-0.3, -0.25) is 4.98 Å². The lowest BCUT2D eigenvalue weighted by molar-refractivity contribution is -0.703. The monoisotopic (exact) mass is 426 g/mol. The van der Waals surface area contributed by atoms with Crippen LogP contribution in [0.3, 0.4) is 0 Å². The Morgan fingerprint density at radius 3 is 2.72 bits per heavy atom. The van der Waals surface area contributed by atoms with Crippen molar-refractivity contribution in [2.45, 2.75) is 44.9 Å². The smallest absolute Gasteiger partial charge is 0.175 e. The molecular formula is C19H24BrClN2O2. The van der Waals surface area contributed by atoms with Gasteiger partial charge in [0.25, 0.3) is 0 Å². The van der Waals surface area contributed by atoms with E-state index in [4.69, 9.17) is 9.47 Å². The highest BCUT2D eigenvalue weighted by Crippen LogP contribution is 2.37. The van der Waals surface area contributed by atoms with Crippen LogP contribution in [0.1, 0.15) is 36.8 Å². The summed E-state index contributed by atoms with van der Waals surface area (Å²) in [6.45, 7) is 1.44. The van der Waals surface area contributed by atoms with E-state index in [0.717, 1.165) is 34.1 Å². The van der Waals surface area contributed by atoms with Gasteiger partial charge in [0.2, 0.25) is 0 Å². The van der Waals surface area contributed by atoms with Crippen molar-refractivity contribution < 1.29 is 27.2 Å². The van der Waals surface area contributed by atoms with Gasteiger partial charge in [0.1, 0.15) is 13.2 Å². The minimum Gasteiger partial charge on any atom is -1.00 e. The second-order valence-corrected chi connectivity index (χ2v) is 7.10. The van der Waals surface area contributed by atoms with Gasteiger partial charge in [-0.25, -0.2) is 0 Å². The fourth-order valence-electron chi connectivity index (χ4n) is 3.17. The average molecular weight is 428 g/mol. The molecule has 0 spiro atoms. The first-order valence-corrected chi connectivity index (χ1v) is 9.27. The molecule has 0 aliphatic heterocycles. The van der Waals surface area contributed by atoms with Crippen molar-refractivity contribution in [1.29, 1.82) is 0 Å². The van der Waals surface area contributed by atoms with E-state index in [0.29, 0.717) is 6.61 Å². The summed E-state index contributed by atoms with van der Waals surface area (Å²) in [5, 5.41) is 2.45. The van der Waals surface area contributed by atoms with Gasteiger partial charge in [-0.2, -0.15) is 0 Å². The summed E-state index contributed by atoms with van der Waals surface area (Å²) in [5.41, 5.74) is 2.28. The molecule has 6 heteroatoms. The molecule has 1 fully saturated rings. The van der Waals surface area contributed by atoms with Gasteiger partial charge >= 0.3 is 0 Å². The molecule has 0 saturated heterocycles. The van der Waals surface area contributed by atoms with Gasteiger partial charge in [0.05, 0.1) is 17.6 Å². The number of benzene rings is 1. The maximum absolute atomic E-state index is 5.96. The number of methoxy groups -OCH3 is 1. The lowest BCUT2D eigenvalue weighted by Gasteiger charge is -2.15. The van der Waals surface area contributed by atoms with E-state index < -0.39 is 0 Å². The minimum absolute atomic E-state index is 0. The molecule has 136 valence electrons. The van der Waals surface area contributed by atoms with Gasteiger partial charge < -0.3 is 27.2 Å². The highest BCUT2D eigenvalue weighted by atomic mass is 79.9. The van der Waals surface area contributed by atoms with Gasteiger partial charge in [0, 0.05) is 23.5 Å². The molecule has 0 amide bonds. The maximum Gasteiger partial charge on any atom is 0.175 e. The van der Waals surface area contributed by atoms with Crippen molar-refractivity contribution in [1.82, 2.24) is 4.98 Å². The van der Waals surface area contributed by atoms with Gasteiger partial charge in [-0.15, -0.1) is 0 Å². The zero-order valence-corrected chi connectivity index (χ0v) is 16.7. The summed E-state index contributed by atoms with van der Waals surface area (Å²) in [7, 11) is 1.68. The van der Waals surface area contributed by atoms with Crippen molar-refractivity contribution >= 4 is 15.9 Å². The summed E-state index contributed by atoms with van der Waals surface area (Å²) in [6, 6.07) is 8.89. The normalized spacial score (nSPS) is 14.2. The van der Waals surface area contributed by atoms with Crippen LogP contribution in [0.25, 0.3) is 0 Å². The molecule has 4 nitrogen and oxygen atoms in total. The van der Waals surface area contributed by atoms with Crippen LogP contribution in [0.15, 0.2) is 41.1 Å². The highest BCUT2D eigenvalue weighted by Gasteiger charge is 2.18. The molecule has 3 rings (SSSR count). The second-order valence-electron chi connectivity index (χ2n) is 6.24. The molecule has 0 bridgehead atoms. The van der Waals surface area contributed by atoms with E-state index >= 15 is 0 Å². The predicted octanol–water partition coefficient (Wildman–Crippen LogP) is 0.442. The van der Waals surface area contributed by atoms with Crippen LogP contribution in [-0.4, -0.2) is 18.1 Å². The van der Waals surface area contributed by atoms with Crippen LogP contribution < -0.4 is 27.2 Å². The van der Waals surface area contributed by atoms with Crippen LogP contribution in [0, 0.1) is 0 Å². The van der Waals surface area contributed by atoms with Crippen LogP contribution >= 0.6 is 15.9 Å². The molecule has 1 saturated carbocycles. The molecule has 25 heavy (non-hydrogen) atoms. The van der Waals surface area contributed by atoms with Crippen molar-refractivity contribution in [3.05, 3.63) is 52.3 Å². The van der Waals surface area contributed by atoms with E-state index in [9.17, 15) is 0 Å². The minimum atomic E-state index is 0. The summed E-state index contributed by atoms with van der Waals surface area (Å²) in [5.74, 6) is 1.51. The standard InChI is InChI=1S/C19H23BrN2O2.ClH/c1-23-18-10-15(12-22-16-6-2-3-7-16)9-17(20)19(18)24-13-14-5-4-8-21-11-14;/h4-5,8-11,16,22H,2-3,6-7,12-13H2,1H3;1H. The number of quaternary nitrogens is 1. The number of halogens is 2. The zero-order chi connectivity index (χ0) is 16.8. The molecule has 2 aromatic rings. The van der Waals surface area contributed by atoms with E-state index in [-0.39, 0.29) is 12.4 Å². The summed E-state index contributed by atoms with van der Waals surface area (Å²) in [6.07, 6.45) is 8.99. The fourth-order valence-corrected chi connectivity index (χ4v) is 3.77. The number of hydrogen-bond donors (Lipinski definition) is 1. The molecule has 0 unspecified atom stereocenters. The first kappa shape index (κ1) is 20.0. The number of pyridine rings is 1. The number of rotatable bonds is 7. The number of ether oxygens (including phenoxy) is 2. The molecular weight excluding hydrogens is 404 g/mol. The van der Waals surface area contributed by atoms with Crippen molar-refractivity contribution in [3.8, 4) is 11.5 Å². The Labute approximate surface area is 163 Å². The largest absolute Gasteiger partial charge is 1.00 e. The Hall–Kier alpha value is -1.30. The Bertz CT molecular complexity index is 664. The topological polar surface area (TPSA) is 48.0 Å².